The second kappa shape index (κ2) is 9.06. The monoisotopic (exact) mass is 505 g/mol. The van der Waals surface area contributed by atoms with Gasteiger partial charge in [-0.2, -0.15) is 13.2 Å². The number of benzene rings is 3. The van der Waals surface area contributed by atoms with Crippen LogP contribution in [-0.4, -0.2) is 42.9 Å². The average molecular weight is 506 g/mol. The highest BCUT2D eigenvalue weighted by atomic mass is 19.4. The van der Waals surface area contributed by atoms with E-state index in [-0.39, 0.29) is 36.3 Å². The van der Waals surface area contributed by atoms with E-state index in [0.717, 1.165) is 28.3 Å². The lowest BCUT2D eigenvalue weighted by molar-refractivity contribution is -0.138. The molecule has 2 unspecified atom stereocenters. The summed E-state index contributed by atoms with van der Waals surface area (Å²) in [5.74, 6) is -0.0292. The van der Waals surface area contributed by atoms with Crippen LogP contribution in [0.1, 0.15) is 40.2 Å². The van der Waals surface area contributed by atoms with Gasteiger partial charge in [0, 0.05) is 5.92 Å². The molecule has 0 N–H and O–H groups in total. The van der Waals surface area contributed by atoms with E-state index >= 15 is 0 Å². The number of aryl methyl sites for hydroxylation is 1. The topological polar surface area (TPSA) is 38.8 Å². The van der Waals surface area contributed by atoms with Crippen LogP contribution in [0.15, 0.2) is 72.8 Å². The van der Waals surface area contributed by atoms with Crippen LogP contribution >= 0.6 is 0 Å². The van der Waals surface area contributed by atoms with Crippen molar-refractivity contribution in [1.82, 2.24) is 4.90 Å². The van der Waals surface area contributed by atoms with E-state index in [1.807, 2.05) is 30.3 Å². The molecule has 0 aromatic heterocycles. The summed E-state index contributed by atoms with van der Waals surface area (Å²) in [6.45, 7) is 2.39. The van der Waals surface area contributed by atoms with Crippen molar-refractivity contribution in [2.75, 3.05) is 19.8 Å². The molecule has 2 aliphatic heterocycles. The second-order valence-electron chi connectivity index (χ2n) is 9.89. The molecule has 1 fully saturated rings. The Morgan fingerprint density at radius 1 is 1.00 bits per heavy atom. The van der Waals surface area contributed by atoms with E-state index in [1.165, 1.54) is 24.1 Å². The van der Waals surface area contributed by atoms with Crippen LogP contribution in [0.2, 0.25) is 0 Å². The minimum atomic E-state index is -4.38. The number of ether oxygens (including phenoxy) is 2. The fourth-order valence-electron chi connectivity index (χ4n) is 5.94. The zero-order valence-corrected chi connectivity index (χ0v) is 20.3. The maximum absolute atomic E-state index is 13.3. The number of morpholine rings is 1. The number of amides is 1. The largest absolute Gasteiger partial charge is 0.448 e. The third kappa shape index (κ3) is 4.21. The van der Waals surface area contributed by atoms with Gasteiger partial charge in [0.05, 0.1) is 30.9 Å². The Morgan fingerprint density at radius 3 is 2.30 bits per heavy atom. The molecule has 6 rings (SSSR count). The van der Waals surface area contributed by atoms with Crippen molar-refractivity contribution in [3.63, 3.8) is 0 Å². The quantitative estimate of drug-likeness (QED) is 0.392. The summed E-state index contributed by atoms with van der Waals surface area (Å²) in [6.07, 6.45) is -2.35. The molecule has 190 valence electrons. The van der Waals surface area contributed by atoms with E-state index in [9.17, 15) is 18.0 Å². The van der Waals surface area contributed by atoms with Gasteiger partial charge in [-0.05, 0) is 58.4 Å². The number of halogens is 3. The molecule has 2 atom stereocenters. The molecule has 37 heavy (non-hydrogen) atoms. The van der Waals surface area contributed by atoms with Gasteiger partial charge >= 0.3 is 12.3 Å². The number of hydrogen-bond acceptors (Lipinski definition) is 3. The van der Waals surface area contributed by atoms with Crippen molar-refractivity contribution in [2.45, 2.75) is 37.5 Å². The van der Waals surface area contributed by atoms with Gasteiger partial charge in [-0.15, -0.1) is 0 Å². The highest BCUT2D eigenvalue weighted by molar-refractivity contribution is 5.79. The Labute approximate surface area is 213 Å². The van der Waals surface area contributed by atoms with Crippen LogP contribution in [0.4, 0.5) is 18.0 Å². The predicted molar refractivity (Wildman–Crippen MR) is 134 cm³/mol. The van der Waals surface area contributed by atoms with Gasteiger partial charge in [0.2, 0.25) is 0 Å². The Hall–Kier alpha value is -3.58. The number of nitrogens with zero attached hydrogens (tertiary/aromatic N) is 1. The third-order valence-corrected chi connectivity index (χ3v) is 7.65. The lowest BCUT2D eigenvalue weighted by atomic mass is 9.89. The molecule has 7 heteroatoms. The van der Waals surface area contributed by atoms with Crippen LogP contribution in [0.3, 0.4) is 0 Å². The molecule has 1 saturated heterocycles. The molecule has 0 saturated carbocycles. The van der Waals surface area contributed by atoms with Gasteiger partial charge < -0.3 is 9.47 Å². The Morgan fingerprint density at radius 2 is 1.68 bits per heavy atom. The summed E-state index contributed by atoms with van der Waals surface area (Å²) >= 11 is 0. The Balaban J connectivity index is 1.21. The average Bonchev–Trinajstić information content (AvgIpc) is 3.19. The lowest BCUT2D eigenvalue weighted by Crippen LogP contribution is -2.56. The molecular formula is C30H26F3NO3. The summed E-state index contributed by atoms with van der Waals surface area (Å²) in [5.41, 5.74) is 5.87. The van der Waals surface area contributed by atoms with Gasteiger partial charge in [0.25, 0.3) is 0 Å². The molecule has 3 aliphatic rings. The molecule has 2 bridgehead atoms. The molecule has 2 heterocycles. The number of hydrogen-bond donors (Lipinski definition) is 0. The molecule has 1 aliphatic carbocycles. The summed E-state index contributed by atoms with van der Waals surface area (Å²) in [5, 5.41) is 0. The van der Waals surface area contributed by atoms with Crippen molar-refractivity contribution in [3.05, 3.63) is 101 Å². The molecule has 0 radical (unpaired) electrons. The molecule has 4 nitrogen and oxygen atoms in total. The number of carbonyl (C=O) groups is 1. The van der Waals surface area contributed by atoms with E-state index in [0.29, 0.717) is 19.6 Å². The molecule has 1 amide bonds. The van der Waals surface area contributed by atoms with E-state index in [2.05, 4.69) is 24.3 Å². The minimum absolute atomic E-state index is 0.0292. The first kappa shape index (κ1) is 23.8. The predicted octanol–water partition coefficient (Wildman–Crippen LogP) is 6.82. The number of fused-ring (bicyclic) bond motifs is 5. The van der Waals surface area contributed by atoms with Gasteiger partial charge in [-0.25, -0.2) is 4.79 Å². The van der Waals surface area contributed by atoms with Crippen molar-refractivity contribution < 1.29 is 27.4 Å². The van der Waals surface area contributed by atoms with Gasteiger partial charge in [0.1, 0.15) is 6.61 Å². The summed E-state index contributed by atoms with van der Waals surface area (Å²) in [6, 6.07) is 20.0. The Bertz CT molecular complexity index is 1350. The normalized spacial score (nSPS) is 20.8. The van der Waals surface area contributed by atoms with Crippen LogP contribution in [0.25, 0.3) is 16.7 Å². The molecule has 3 aromatic carbocycles. The molecular weight excluding hydrogens is 479 g/mol. The van der Waals surface area contributed by atoms with Crippen molar-refractivity contribution in [3.8, 4) is 11.1 Å². The second-order valence-corrected chi connectivity index (χ2v) is 9.89. The van der Waals surface area contributed by atoms with E-state index < -0.39 is 11.7 Å². The highest BCUT2D eigenvalue weighted by Crippen LogP contribution is 2.45. The minimum Gasteiger partial charge on any atom is -0.448 e. The number of carbonyl (C=O) groups excluding carboxylic acids is 1. The first-order valence-electron chi connectivity index (χ1n) is 12.4. The fraction of sp³-hybridized carbons (Fsp3) is 0.300. The van der Waals surface area contributed by atoms with Crippen LogP contribution in [-0.2, 0) is 15.7 Å². The highest BCUT2D eigenvalue weighted by Gasteiger charge is 2.40. The summed E-state index contributed by atoms with van der Waals surface area (Å²) < 4.78 is 51.3. The maximum Gasteiger partial charge on any atom is 0.416 e. The van der Waals surface area contributed by atoms with Crippen LogP contribution in [0, 0.1) is 6.92 Å². The van der Waals surface area contributed by atoms with Crippen molar-refractivity contribution >= 4 is 11.7 Å². The summed E-state index contributed by atoms with van der Waals surface area (Å²) in [7, 11) is 0. The SMILES string of the molecule is Cc1cc(C2=CC3COCC(C2)N3C(=O)OCC2c3ccccc3-c3ccccc32)ccc1C(F)(F)F. The first-order valence-corrected chi connectivity index (χ1v) is 12.4. The van der Waals surface area contributed by atoms with Crippen LogP contribution < -0.4 is 0 Å². The fourth-order valence-corrected chi connectivity index (χ4v) is 5.94. The maximum atomic E-state index is 13.3. The summed E-state index contributed by atoms with van der Waals surface area (Å²) in [4.78, 5) is 15.1. The van der Waals surface area contributed by atoms with Gasteiger partial charge in [-0.3, -0.25) is 4.90 Å². The standard InChI is InChI=1S/C30H26F3NO3/c1-18-12-19(10-11-28(18)30(31,32)33)20-13-21-15-36-16-22(14-20)34(21)29(35)37-17-27-25-8-4-2-6-23(25)24-7-3-5-9-26(24)27/h2-13,21-22,27H,14-17H2,1H3. The van der Waals surface area contributed by atoms with Crippen LogP contribution in [0.5, 0.6) is 0 Å². The Kier molecular flexibility index (Phi) is 5.83. The van der Waals surface area contributed by atoms with Crippen molar-refractivity contribution in [1.29, 1.82) is 0 Å². The van der Waals surface area contributed by atoms with Gasteiger partial charge in [-0.1, -0.05) is 66.7 Å². The smallest absolute Gasteiger partial charge is 0.416 e. The molecule has 3 aromatic rings. The zero-order valence-electron chi connectivity index (χ0n) is 20.3. The third-order valence-electron chi connectivity index (χ3n) is 7.65. The zero-order chi connectivity index (χ0) is 25.7. The molecule has 0 spiro atoms. The first-order chi connectivity index (χ1) is 17.8. The van der Waals surface area contributed by atoms with E-state index in [4.69, 9.17) is 9.47 Å². The lowest BCUT2D eigenvalue weighted by Gasteiger charge is -2.44. The van der Waals surface area contributed by atoms with Crippen molar-refractivity contribution in [2.24, 2.45) is 0 Å². The van der Waals surface area contributed by atoms with Gasteiger partial charge in [0.15, 0.2) is 0 Å². The number of rotatable bonds is 3. The van der Waals surface area contributed by atoms with E-state index in [1.54, 1.807) is 11.0 Å². The number of alkyl halides is 3.